The summed E-state index contributed by atoms with van der Waals surface area (Å²) in [6.07, 6.45) is 2.70. The Morgan fingerprint density at radius 1 is 1.25 bits per heavy atom. The number of aliphatic imine (C=N–C) groups is 1. The van der Waals surface area contributed by atoms with E-state index in [1.807, 2.05) is 18.7 Å². The third-order valence-electron chi connectivity index (χ3n) is 5.06. The van der Waals surface area contributed by atoms with Crippen LogP contribution < -0.4 is 10.6 Å². The summed E-state index contributed by atoms with van der Waals surface area (Å²) in [5.74, 6) is 0.838. The molecule has 0 spiro atoms. The fraction of sp³-hybridized carbons (Fsp3) is 0.524. The molecule has 0 aliphatic heterocycles. The van der Waals surface area contributed by atoms with Crippen LogP contribution in [0.2, 0.25) is 0 Å². The number of benzene rings is 1. The molecule has 2 N–H and O–H groups in total. The van der Waals surface area contributed by atoms with Crippen LogP contribution in [0.1, 0.15) is 36.7 Å². The fourth-order valence-corrected chi connectivity index (χ4v) is 3.50. The summed E-state index contributed by atoms with van der Waals surface area (Å²) in [6.45, 7) is 10.1. The van der Waals surface area contributed by atoms with E-state index in [9.17, 15) is 0 Å². The number of halogens is 1. The lowest BCUT2D eigenvalue weighted by atomic mass is 10.1. The third-order valence-corrected chi connectivity index (χ3v) is 5.06. The minimum Gasteiger partial charge on any atom is -0.355 e. The molecule has 0 radical (unpaired) electrons. The van der Waals surface area contributed by atoms with E-state index in [0.717, 1.165) is 48.7 Å². The minimum absolute atomic E-state index is 0. The Morgan fingerprint density at radius 2 is 2.00 bits per heavy atom. The maximum Gasteiger partial charge on any atom is 0.191 e. The zero-order valence-corrected chi connectivity index (χ0v) is 19.7. The summed E-state index contributed by atoms with van der Waals surface area (Å²) < 4.78 is 2.01. The van der Waals surface area contributed by atoms with Crippen molar-refractivity contribution in [3.8, 4) is 5.69 Å². The van der Waals surface area contributed by atoms with Gasteiger partial charge in [0.05, 0.1) is 11.4 Å². The average Bonchev–Trinajstić information content (AvgIpc) is 3.45. The van der Waals surface area contributed by atoms with Crippen molar-refractivity contribution < 1.29 is 0 Å². The number of aromatic nitrogens is 2. The summed E-state index contributed by atoms with van der Waals surface area (Å²) in [4.78, 5) is 6.90. The molecule has 3 rings (SSSR count). The largest absolute Gasteiger partial charge is 0.355 e. The molecule has 0 saturated heterocycles. The van der Waals surface area contributed by atoms with E-state index in [0.29, 0.717) is 6.54 Å². The first-order chi connectivity index (χ1) is 13.1. The number of nitrogens with one attached hydrogen (secondary N) is 2. The molecule has 1 heterocycles. The highest BCUT2D eigenvalue weighted by atomic mass is 127. The molecular weight excluding hydrogens is 463 g/mol. The molecule has 7 heteroatoms. The number of para-hydroxylation sites is 1. The fourth-order valence-electron chi connectivity index (χ4n) is 3.50. The molecule has 2 aromatic rings. The predicted octanol–water partition coefficient (Wildman–Crippen LogP) is 3.26. The first-order valence-electron chi connectivity index (χ1n) is 9.92. The second-order valence-electron chi connectivity index (χ2n) is 7.18. The van der Waals surface area contributed by atoms with Crippen LogP contribution in [0.3, 0.4) is 0 Å². The molecule has 0 atom stereocenters. The molecule has 0 amide bonds. The lowest BCUT2D eigenvalue weighted by Crippen LogP contribution is -2.41. The highest BCUT2D eigenvalue weighted by Gasteiger charge is 2.27. The minimum atomic E-state index is 0. The van der Waals surface area contributed by atoms with E-state index >= 15 is 0 Å². The van der Waals surface area contributed by atoms with Crippen molar-refractivity contribution in [2.75, 3.05) is 26.7 Å². The van der Waals surface area contributed by atoms with Gasteiger partial charge >= 0.3 is 0 Å². The van der Waals surface area contributed by atoms with Crippen LogP contribution in [0.15, 0.2) is 35.3 Å². The van der Waals surface area contributed by atoms with Gasteiger partial charge in [0.2, 0.25) is 0 Å². The Bertz CT molecular complexity index is 781. The molecule has 1 fully saturated rings. The molecule has 28 heavy (non-hydrogen) atoms. The van der Waals surface area contributed by atoms with Crippen LogP contribution in [0.25, 0.3) is 5.69 Å². The van der Waals surface area contributed by atoms with Gasteiger partial charge in [-0.2, -0.15) is 5.10 Å². The number of guanidine groups is 1. The SMILES string of the molecule is CCN(CCNC(=NC)NCc1ccccc1-n1nc(C)cc1C)C1CC1.I. The summed E-state index contributed by atoms with van der Waals surface area (Å²) >= 11 is 0. The maximum atomic E-state index is 4.63. The van der Waals surface area contributed by atoms with Crippen molar-refractivity contribution in [3.63, 3.8) is 0 Å². The molecule has 1 saturated carbocycles. The van der Waals surface area contributed by atoms with Gasteiger partial charge in [0.1, 0.15) is 0 Å². The van der Waals surface area contributed by atoms with Crippen molar-refractivity contribution in [2.45, 2.75) is 46.2 Å². The summed E-state index contributed by atoms with van der Waals surface area (Å²) in [5.41, 5.74) is 4.47. The van der Waals surface area contributed by atoms with Gasteiger partial charge in [-0.05, 0) is 50.9 Å². The van der Waals surface area contributed by atoms with Gasteiger partial charge in [0, 0.05) is 38.4 Å². The lowest BCUT2D eigenvalue weighted by molar-refractivity contribution is 0.282. The van der Waals surface area contributed by atoms with Crippen LogP contribution in [-0.2, 0) is 6.54 Å². The first kappa shape index (κ1) is 22.7. The maximum absolute atomic E-state index is 4.63. The normalized spacial score (nSPS) is 14.1. The molecule has 1 aromatic carbocycles. The molecule has 0 unspecified atom stereocenters. The number of nitrogens with zero attached hydrogens (tertiary/aromatic N) is 4. The average molecular weight is 496 g/mol. The second kappa shape index (κ2) is 10.8. The Morgan fingerprint density at radius 3 is 2.61 bits per heavy atom. The Balaban J connectivity index is 0.00000280. The number of aryl methyl sites for hydroxylation is 2. The topological polar surface area (TPSA) is 57.5 Å². The van der Waals surface area contributed by atoms with Gasteiger partial charge in [0.15, 0.2) is 5.96 Å². The third kappa shape index (κ3) is 5.94. The zero-order valence-electron chi connectivity index (χ0n) is 17.4. The van der Waals surface area contributed by atoms with Gasteiger partial charge in [-0.15, -0.1) is 24.0 Å². The summed E-state index contributed by atoms with van der Waals surface area (Å²) in [7, 11) is 1.82. The Hall–Kier alpha value is -1.61. The number of hydrogen-bond donors (Lipinski definition) is 2. The highest BCUT2D eigenvalue weighted by Crippen LogP contribution is 2.25. The van der Waals surface area contributed by atoms with Crippen molar-refractivity contribution in [3.05, 3.63) is 47.3 Å². The molecule has 154 valence electrons. The van der Waals surface area contributed by atoms with Gasteiger partial charge in [-0.3, -0.25) is 9.89 Å². The second-order valence-corrected chi connectivity index (χ2v) is 7.18. The van der Waals surface area contributed by atoms with Gasteiger partial charge in [0.25, 0.3) is 0 Å². The predicted molar refractivity (Wildman–Crippen MR) is 127 cm³/mol. The quantitative estimate of drug-likeness (QED) is 0.335. The van der Waals surface area contributed by atoms with E-state index in [-0.39, 0.29) is 24.0 Å². The summed E-state index contributed by atoms with van der Waals surface area (Å²) in [5, 5.41) is 11.5. The van der Waals surface area contributed by atoms with Gasteiger partial charge in [-0.1, -0.05) is 25.1 Å². The first-order valence-corrected chi connectivity index (χ1v) is 9.92. The van der Waals surface area contributed by atoms with E-state index < -0.39 is 0 Å². The van der Waals surface area contributed by atoms with Crippen molar-refractivity contribution in [2.24, 2.45) is 4.99 Å². The van der Waals surface area contributed by atoms with Crippen molar-refractivity contribution >= 4 is 29.9 Å². The molecule has 1 aliphatic carbocycles. The Kier molecular flexibility index (Phi) is 8.75. The summed E-state index contributed by atoms with van der Waals surface area (Å²) in [6, 6.07) is 11.3. The molecule has 1 aromatic heterocycles. The molecule has 1 aliphatic rings. The van der Waals surface area contributed by atoms with Crippen LogP contribution in [-0.4, -0.2) is 53.4 Å². The number of likely N-dealkylation sites (N-methyl/N-ethyl adjacent to an activating group) is 1. The number of rotatable bonds is 8. The standard InChI is InChI=1S/C21H32N6.HI/c1-5-26(19-10-11-19)13-12-23-21(22-4)24-15-18-8-6-7-9-20(18)27-17(3)14-16(2)25-27;/h6-9,14,19H,5,10-13,15H2,1-4H3,(H2,22,23,24);1H. The highest BCUT2D eigenvalue weighted by molar-refractivity contribution is 14.0. The molecular formula is C21H33IN6. The van der Waals surface area contributed by atoms with E-state index in [4.69, 9.17) is 0 Å². The lowest BCUT2D eigenvalue weighted by Gasteiger charge is -2.21. The smallest absolute Gasteiger partial charge is 0.191 e. The van der Waals surface area contributed by atoms with Crippen molar-refractivity contribution in [1.29, 1.82) is 0 Å². The van der Waals surface area contributed by atoms with E-state index in [1.165, 1.54) is 18.4 Å². The van der Waals surface area contributed by atoms with Crippen molar-refractivity contribution in [1.82, 2.24) is 25.3 Å². The zero-order chi connectivity index (χ0) is 19.2. The monoisotopic (exact) mass is 496 g/mol. The molecule has 0 bridgehead atoms. The van der Waals surface area contributed by atoms with E-state index in [1.54, 1.807) is 0 Å². The van der Waals surface area contributed by atoms with Crippen LogP contribution in [0.4, 0.5) is 0 Å². The molecule has 6 nitrogen and oxygen atoms in total. The van der Waals surface area contributed by atoms with Crippen LogP contribution in [0, 0.1) is 13.8 Å². The van der Waals surface area contributed by atoms with Crippen LogP contribution >= 0.6 is 24.0 Å². The van der Waals surface area contributed by atoms with Gasteiger partial charge in [-0.25, -0.2) is 4.68 Å². The Labute approximate surface area is 185 Å². The van der Waals surface area contributed by atoms with E-state index in [2.05, 4.69) is 69.8 Å². The van der Waals surface area contributed by atoms with Gasteiger partial charge < -0.3 is 10.6 Å². The van der Waals surface area contributed by atoms with Crippen LogP contribution in [0.5, 0.6) is 0 Å². The number of hydrogen-bond acceptors (Lipinski definition) is 3.